The van der Waals surface area contributed by atoms with Crippen LogP contribution in [0.4, 0.5) is 0 Å². The van der Waals surface area contributed by atoms with Gasteiger partial charge in [0.25, 0.3) is 0 Å². The van der Waals surface area contributed by atoms with Crippen molar-refractivity contribution in [3.8, 4) is 0 Å². The van der Waals surface area contributed by atoms with Crippen molar-refractivity contribution in [1.82, 2.24) is 9.97 Å². The Hall–Kier alpha value is -0.960. The number of aliphatic hydroxyl groups is 1. The Morgan fingerprint density at radius 2 is 1.94 bits per heavy atom. The molecule has 1 aliphatic rings. The number of aliphatic hydroxyl groups excluding tert-OH is 1. The molecule has 0 aromatic carbocycles. The Bertz CT molecular complexity index is 395. The Balaban J connectivity index is 2.21. The van der Waals surface area contributed by atoms with Gasteiger partial charge in [0, 0.05) is 17.7 Å². The third-order valence-corrected chi connectivity index (χ3v) is 4.01. The van der Waals surface area contributed by atoms with Crippen molar-refractivity contribution in [2.75, 3.05) is 0 Å². The predicted molar refractivity (Wildman–Crippen MR) is 72.4 cm³/mol. The first-order valence-corrected chi connectivity index (χ1v) is 7.08. The zero-order valence-corrected chi connectivity index (χ0v) is 11.7. The molecule has 0 atom stereocenters. The second-order valence-corrected chi connectivity index (χ2v) is 5.91. The topological polar surface area (TPSA) is 46.0 Å². The van der Waals surface area contributed by atoms with Gasteiger partial charge >= 0.3 is 0 Å². The lowest BCUT2D eigenvalue weighted by molar-refractivity contribution is 0.278. The molecule has 0 spiro atoms. The highest BCUT2D eigenvalue weighted by Gasteiger charge is 2.23. The van der Waals surface area contributed by atoms with Gasteiger partial charge in [-0.25, -0.2) is 9.97 Å². The maximum absolute atomic E-state index is 9.32. The minimum Gasteiger partial charge on any atom is -0.392 e. The van der Waals surface area contributed by atoms with Gasteiger partial charge in [-0.15, -0.1) is 0 Å². The molecule has 1 saturated carbocycles. The summed E-state index contributed by atoms with van der Waals surface area (Å²) in [7, 11) is 0. The van der Waals surface area contributed by atoms with Crippen LogP contribution < -0.4 is 0 Å². The molecule has 0 saturated heterocycles. The molecule has 1 aliphatic carbocycles. The lowest BCUT2D eigenvalue weighted by atomic mass is 9.82. The standard InChI is InChI=1S/C15H24N2O/c1-10(2)14-13(9-18)8-16-15(17-14)12-6-4-11(3)5-7-12/h8,10-12,18H,4-7,9H2,1-3H3. The van der Waals surface area contributed by atoms with E-state index in [1.165, 1.54) is 25.7 Å². The summed E-state index contributed by atoms with van der Waals surface area (Å²) in [5.41, 5.74) is 1.89. The summed E-state index contributed by atoms with van der Waals surface area (Å²) in [6.45, 7) is 6.60. The van der Waals surface area contributed by atoms with E-state index in [4.69, 9.17) is 4.98 Å². The molecular formula is C15H24N2O. The normalized spacial score (nSPS) is 24.5. The third kappa shape index (κ3) is 2.89. The molecule has 2 rings (SSSR count). The number of nitrogens with zero attached hydrogens (tertiary/aromatic N) is 2. The Kier molecular flexibility index (Phi) is 4.33. The maximum Gasteiger partial charge on any atom is 0.131 e. The molecule has 1 aromatic rings. The molecule has 0 unspecified atom stereocenters. The van der Waals surface area contributed by atoms with E-state index < -0.39 is 0 Å². The smallest absolute Gasteiger partial charge is 0.131 e. The van der Waals surface area contributed by atoms with Crippen LogP contribution in [0.2, 0.25) is 0 Å². The average molecular weight is 248 g/mol. The first-order valence-electron chi connectivity index (χ1n) is 7.08. The largest absolute Gasteiger partial charge is 0.392 e. The second kappa shape index (κ2) is 5.79. The molecule has 100 valence electrons. The Morgan fingerprint density at radius 1 is 1.28 bits per heavy atom. The molecular weight excluding hydrogens is 224 g/mol. The highest BCUT2D eigenvalue weighted by molar-refractivity contribution is 5.21. The Labute approximate surface area is 110 Å². The second-order valence-electron chi connectivity index (χ2n) is 5.91. The first-order chi connectivity index (χ1) is 8.61. The van der Waals surface area contributed by atoms with Gasteiger partial charge in [0.2, 0.25) is 0 Å². The molecule has 0 amide bonds. The number of hydrogen-bond donors (Lipinski definition) is 1. The summed E-state index contributed by atoms with van der Waals surface area (Å²) in [5.74, 6) is 2.70. The minimum atomic E-state index is 0.0372. The van der Waals surface area contributed by atoms with Gasteiger partial charge in [-0.3, -0.25) is 0 Å². The molecule has 1 N–H and O–H groups in total. The fourth-order valence-electron chi connectivity index (χ4n) is 2.77. The van der Waals surface area contributed by atoms with Crippen LogP contribution in [-0.4, -0.2) is 15.1 Å². The molecule has 0 aliphatic heterocycles. The summed E-state index contributed by atoms with van der Waals surface area (Å²) >= 11 is 0. The van der Waals surface area contributed by atoms with Crippen LogP contribution in [0.5, 0.6) is 0 Å². The van der Waals surface area contributed by atoms with Crippen LogP contribution in [0, 0.1) is 5.92 Å². The van der Waals surface area contributed by atoms with E-state index in [0.29, 0.717) is 11.8 Å². The lowest BCUT2D eigenvalue weighted by Crippen LogP contribution is -2.15. The summed E-state index contributed by atoms with van der Waals surface area (Å²) < 4.78 is 0. The van der Waals surface area contributed by atoms with Gasteiger partial charge in [0.15, 0.2) is 0 Å². The predicted octanol–water partition coefficient (Wildman–Crippen LogP) is 3.39. The van der Waals surface area contributed by atoms with E-state index in [9.17, 15) is 5.11 Å². The van der Waals surface area contributed by atoms with Crippen molar-refractivity contribution in [2.45, 2.75) is 64.9 Å². The average Bonchev–Trinajstić information content (AvgIpc) is 2.39. The van der Waals surface area contributed by atoms with Gasteiger partial charge in [-0.05, 0) is 24.7 Å². The summed E-state index contributed by atoms with van der Waals surface area (Å²) in [4.78, 5) is 9.19. The van der Waals surface area contributed by atoms with Crippen LogP contribution in [0.25, 0.3) is 0 Å². The quantitative estimate of drug-likeness (QED) is 0.892. The minimum absolute atomic E-state index is 0.0372. The fourth-order valence-corrected chi connectivity index (χ4v) is 2.77. The highest BCUT2D eigenvalue weighted by atomic mass is 16.3. The van der Waals surface area contributed by atoms with Crippen LogP contribution in [-0.2, 0) is 6.61 Å². The molecule has 1 aromatic heterocycles. The summed E-state index contributed by atoms with van der Waals surface area (Å²) in [5, 5.41) is 9.32. The van der Waals surface area contributed by atoms with Crippen LogP contribution in [0.1, 0.15) is 75.4 Å². The fraction of sp³-hybridized carbons (Fsp3) is 0.733. The van der Waals surface area contributed by atoms with Crippen molar-refractivity contribution in [1.29, 1.82) is 0 Å². The van der Waals surface area contributed by atoms with Gasteiger partial charge in [-0.1, -0.05) is 33.6 Å². The molecule has 3 heteroatoms. The molecule has 0 bridgehead atoms. The molecule has 1 heterocycles. The number of hydrogen-bond acceptors (Lipinski definition) is 3. The lowest BCUT2D eigenvalue weighted by Gasteiger charge is -2.25. The van der Waals surface area contributed by atoms with E-state index in [-0.39, 0.29) is 6.61 Å². The SMILES string of the molecule is CC1CCC(c2ncc(CO)c(C(C)C)n2)CC1. The van der Waals surface area contributed by atoms with Crippen molar-refractivity contribution >= 4 is 0 Å². The van der Waals surface area contributed by atoms with Gasteiger partial charge in [-0.2, -0.15) is 0 Å². The van der Waals surface area contributed by atoms with Crippen molar-refractivity contribution < 1.29 is 5.11 Å². The maximum atomic E-state index is 9.32. The van der Waals surface area contributed by atoms with Gasteiger partial charge in [0.05, 0.1) is 12.3 Å². The van der Waals surface area contributed by atoms with Crippen molar-refractivity contribution in [3.05, 3.63) is 23.3 Å². The molecule has 1 fully saturated rings. The van der Waals surface area contributed by atoms with E-state index >= 15 is 0 Å². The summed E-state index contributed by atoms with van der Waals surface area (Å²) in [6.07, 6.45) is 6.80. The monoisotopic (exact) mass is 248 g/mol. The molecule has 18 heavy (non-hydrogen) atoms. The van der Waals surface area contributed by atoms with Gasteiger partial charge < -0.3 is 5.11 Å². The van der Waals surface area contributed by atoms with Crippen LogP contribution in [0.15, 0.2) is 6.20 Å². The van der Waals surface area contributed by atoms with E-state index in [0.717, 1.165) is 23.0 Å². The van der Waals surface area contributed by atoms with Crippen LogP contribution >= 0.6 is 0 Å². The highest BCUT2D eigenvalue weighted by Crippen LogP contribution is 2.34. The first kappa shape index (κ1) is 13.5. The molecule has 0 radical (unpaired) electrons. The van der Waals surface area contributed by atoms with Gasteiger partial charge in [0.1, 0.15) is 5.82 Å². The van der Waals surface area contributed by atoms with Crippen molar-refractivity contribution in [3.63, 3.8) is 0 Å². The van der Waals surface area contributed by atoms with E-state index in [2.05, 4.69) is 25.8 Å². The zero-order valence-electron chi connectivity index (χ0n) is 11.7. The third-order valence-electron chi connectivity index (χ3n) is 4.01. The van der Waals surface area contributed by atoms with E-state index in [1.54, 1.807) is 0 Å². The van der Waals surface area contributed by atoms with E-state index in [1.807, 2.05) is 6.20 Å². The number of aromatic nitrogens is 2. The Morgan fingerprint density at radius 3 is 2.50 bits per heavy atom. The summed E-state index contributed by atoms with van der Waals surface area (Å²) in [6, 6.07) is 0. The van der Waals surface area contributed by atoms with Crippen molar-refractivity contribution in [2.24, 2.45) is 5.92 Å². The zero-order chi connectivity index (χ0) is 13.1. The number of rotatable bonds is 3. The molecule has 3 nitrogen and oxygen atoms in total. The van der Waals surface area contributed by atoms with Crippen LogP contribution in [0.3, 0.4) is 0 Å².